The molecule has 9 saturated carbocycles. The Morgan fingerprint density at radius 1 is 0.560 bits per heavy atom. The number of carboxylic acid groups (broad SMARTS) is 1. The predicted molar refractivity (Wildman–Crippen MR) is 407 cm³/mol. The lowest BCUT2D eigenvalue weighted by atomic mass is 9.48. The molecule has 13 rings (SSSR count). The van der Waals surface area contributed by atoms with Crippen LogP contribution in [0.5, 0.6) is 0 Å². The minimum Gasteiger partial charge on any atom is -0.748 e. The van der Waals surface area contributed by atoms with Crippen LogP contribution in [0.3, 0.4) is 0 Å². The Kier molecular flexibility index (Phi) is 30.3. The summed E-state index contributed by atoms with van der Waals surface area (Å²) in [5.74, 6) is -3.91. The van der Waals surface area contributed by atoms with Gasteiger partial charge in [-0.2, -0.15) is 13.2 Å². The van der Waals surface area contributed by atoms with Gasteiger partial charge in [-0.25, -0.2) is 12.8 Å². The van der Waals surface area contributed by atoms with E-state index in [0.717, 1.165) is 62.7 Å². The smallest absolute Gasteiger partial charge is 0.426 e. The average molecular weight is 1570 g/mol. The van der Waals surface area contributed by atoms with Gasteiger partial charge in [-0.05, 0) is 263 Å². The molecule has 1 aliphatic heterocycles. The van der Waals surface area contributed by atoms with Crippen molar-refractivity contribution in [1.82, 2.24) is 0 Å². The van der Waals surface area contributed by atoms with Gasteiger partial charge in [0, 0.05) is 18.3 Å². The van der Waals surface area contributed by atoms with Crippen LogP contribution in [0.2, 0.25) is 0 Å². The second-order valence-electron chi connectivity index (χ2n) is 36.4. The summed E-state index contributed by atoms with van der Waals surface area (Å²) in [6.07, 6.45) is 7.72. The molecule has 3 aromatic rings. The third-order valence-electron chi connectivity index (χ3n) is 24.4. The van der Waals surface area contributed by atoms with Gasteiger partial charge in [0.25, 0.3) is 0 Å². The topological polar surface area (TPSA) is 273 Å². The van der Waals surface area contributed by atoms with E-state index in [-0.39, 0.29) is 100 Å². The first-order valence-corrected chi connectivity index (χ1v) is 41.8. The molecule has 109 heavy (non-hydrogen) atoms. The standard InChI is InChI=1S/C20H29F3O7S.C18H14FS.C16H26O3.C15H28O2.C10H16O4.C6H12O2/c1-4-17(2,3)15(24)30-19-8-12-5-13(9-19)7-18(6-12,11-19)16(25)29-14(20(21,22)23)10-31(26,27)28;19-15-11-13-18(14-12-15)20(16-7-3-1-4-8-16)17-9-5-2-6-10-17;1-4-14(2,3)13(17)19-16-8-11-5-12(9-16)7-15(18,6-11)10-16;1-7-14(5,6)12(16)17-15(13(2,3)4)10-8-9-11-15;1-4-10(2,3)9(12)14-7-5-8(11)13-6-7;1-4-6(2,3)5(7)8/h12-14H,4-11H2,1-3H3,(H,26,27,28);1-14H;11-12,18H,4-10H2,1-3H3;7-11H2,1-6H3;7H,4-6H2,1-3H3;4H2,1-3H3,(H,7,8)/q;+1;;;;/p-1. The molecule has 0 radical (unpaired) electrons. The van der Waals surface area contributed by atoms with Crippen molar-refractivity contribution in [2.24, 2.45) is 61.6 Å². The van der Waals surface area contributed by atoms with Crippen molar-refractivity contribution in [3.05, 3.63) is 90.7 Å². The van der Waals surface area contributed by atoms with Crippen LogP contribution < -0.4 is 0 Å². The molecule has 9 aliphatic carbocycles. The Balaban J connectivity index is 0.000000213. The molecule has 10 aliphatic rings. The fourth-order valence-corrected chi connectivity index (χ4v) is 18.8. The fourth-order valence-electron chi connectivity index (χ4n) is 16.1. The van der Waals surface area contributed by atoms with Crippen LogP contribution in [0, 0.1) is 67.4 Å². The number of hydrogen-bond acceptors (Lipinski definition) is 17. The van der Waals surface area contributed by atoms with Crippen molar-refractivity contribution >= 4 is 62.8 Å². The molecule has 612 valence electrons. The van der Waals surface area contributed by atoms with Crippen LogP contribution in [0.1, 0.15) is 266 Å². The van der Waals surface area contributed by atoms with Crippen LogP contribution in [0.25, 0.3) is 0 Å². The van der Waals surface area contributed by atoms with Gasteiger partial charge in [0.1, 0.15) is 35.3 Å². The zero-order chi connectivity index (χ0) is 82.0. The number of ether oxygens (including phenoxy) is 6. The Labute approximate surface area is 648 Å². The minimum absolute atomic E-state index is 0.00100. The summed E-state index contributed by atoms with van der Waals surface area (Å²) in [4.78, 5) is 86.5. The van der Waals surface area contributed by atoms with E-state index in [9.17, 15) is 69.2 Å². The molecule has 1 heterocycles. The van der Waals surface area contributed by atoms with Gasteiger partial charge in [0.2, 0.25) is 6.10 Å². The van der Waals surface area contributed by atoms with E-state index in [0.29, 0.717) is 63.2 Å². The number of aliphatic carboxylic acids is 1. The molecule has 24 heteroatoms. The van der Waals surface area contributed by atoms with Crippen LogP contribution in [0.15, 0.2) is 99.6 Å². The van der Waals surface area contributed by atoms with Crippen LogP contribution in [-0.2, 0) is 83.0 Å². The van der Waals surface area contributed by atoms with Crippen molar-refractivity contribution < 1.29 is 103 Å². The summed E-state index contributed by atoms with van der Waals surface area (Å²) in [7, 11) is -5.46. The Bertz CT molecular complexity index is 3620. The maximum Gasteiger partial charge on any atom is 0.426 e. The van der Waals surface area contributed by atoms with E-state index in [1.807, 2.05) is 125 Å². The highest BCUT2D eigenvalue weighted by molar-refractivity contribution is 7.97. The molecule has 6 atom stereocenters. The van der Waals surface area contributed by atoms with E-state index in [2.05, 4.69) is 49.8 Å². The molecule has 1 saturated heterocycles. The summed E-state index contributed by atoms with van der Waals surface area (Å²) in [5.41, 5.74) is -5.87. The van der Waals surface area contributed by atoms with Gasteiger partial charge in [-0.15, -0.1) is 0 Å². The number of hydrogen-bond donors (Lipinski definition) is 2. The number of halogens is 4. The molecule has 8 bridgehead atoms. The number of carboxylic acids is 1. The fraction of sp³-hybridized carbons (Fsp3) is 0.706. The first-order chi connectivity index (χ1) is 50.2. The average Bonchev–Trinajstić information content (AvgIpc) is 0.862. The lowest BCUT2D eigenvalue weighted by Gasteiger charge is -2.60. The van der Waals surface area contributed by atoms with Gasteiger partial charge in [-0.1, -0.05) is 91.8 Å². The highest BCUT2D eigenvalue weighted by Crippen LogP contribution is 2.64. The molecular formula is C85H124F4O18S2. The molecule has 2 N–H and O–H groups in total. The highest BCUT2D eigenvalue weighted by Gasteiger charge is 2.65. The molecule has 0 aromatic heterocycles. The monoisotopic (exact) mass is 1570 g/mol. The number of benzene rings is 3. The zero-order valence-electron chi connectivity index (χ0n) is 67.8. The third-order valence-corrected chi connectivity index (χ3v) is 27.3. The van der Waals surface area contributed by atoms with Crippen molar-refractivity contribution in [2.75, 3.05) is 12.4 Å². The maximum absolute atomic E-state index is 13.3. The first-order valence-electron chi connectivity index (χ1n) is 39.0. The van der Waals surface area contributed by atoms with Gasteiger partial charge in [0.05, 0.1) is 71.3 Å². The van der Waals surface area contributed by atoms with Crippen molar-refractivity contribution in [3.63, 3.8) is 0 Å². The number of esters is 6. The zero-order valence-corrected chi connectivity index (χ0v) is 69.4. The molecule has 0 spiro atoms. The van der Waals surface area contributed by atoms with E-state index < -0.39 is 84.3 Å². The molecule has 10 fully saturated rings. The van der Waals surface area contributed by atoms with E-state index in [1.54, 1.807) is 27.7 Å². The van der Waals surface area contributed by atoms with Gasteiger partial charge in [-0.3, -0.25) is 33.6 Å². The van der Waals surface area contributed by atoms with Gasteiger partial charge >= 0.3 is 48.0 Å². The summed E-state index contributed by atoms with van der Waals surface area (Å²) in [6.45, 7) is 34.9. The number of rotatable bonds is 21. The van der Waals surface area contributed by atoms with E-state index >= 15 is 0 Å². The number of alkyl halides is 3. The number of cyclic esters (lactones) is 1. The second-order valence-corrected chi connectivity index (χ2v) is 39.8. The molecule has 6 unspecified atom stereocenters. The summed E-state index contributed by atoms with van der Waals surface area (Å²) >= 11 is 0. The lowest BCUT2D eigenvalue weighted by Crippen LogP contribution is -2.61. The van der Waals surface area contributed by atoms with Crippen LogP contribution in [-0.4, -0.2) is 118 Å². The van der Waals surface area contributed by atoms with Crippen LogP contribution >= 0.6 is 0 Å². The van der Waals surface area contributed by atoms with Crippen molar-refractivity contribution in [3.8, 4) is 0 Å². The Morgan fingerprint density at radius 2 is 0.945 bits per heavy atom. The highest BCUT2D eigenvalue weighted by atomic mass is 32.2. The maximum atomic E-state index is 13.3. The summed E-state index contributed by atoms with van der Waals surface area (Å²) in [6, 6.07) is 27.5. The van der Waals surface area contributed by atoms with Crippen molar-refractivity contribution in [1.29, 1.82) is 0 Å². The van der Waals surface area contributed by atoms with Gasteiger partial charge < -0.3 is 43.2 Å². The van der Waals surface area contributed by atoms with E-state index in [4.69, 9.17) is 28.8 Å². The number of carbonyl (C=O) groups excluding carboxylic acids is 6. The quantitative estimate of drug-likeness (QED) is 0.0330. The normalized spacial score (nSPS) is 26.1. The molecule has 18 nitrogen and oxygen atoms in total. The minimum atomic E-state index is -5.27. The molecule has 0 amide bonds. The number of aliphatic hydroxyl groups is 1. The Morgan fingerprint density at radius 3 is 1.29 bits per heavy atom. The second kappa shape index (κ2) is 35.9. The number of carbonyl (C=O) groups is 7. The Hall–Kier alpha value is -6.11. The lowest BCUT2D eigenvalue weighted by molar-refractivity contribution is -0.239. The molecule has 3 aromatic carbocycles. The van der Waals surface area contributed by atoms with E-state index in [1.165, 1.54) is 41.2 Å². The van der Waals surface area contributed by atoms with Gasteiger partial charge in [0.15, 0.2) is 14.7 Å². The summed E-state index contributed by atoms with van der Waals surface area (Å²) < 4.78 is 118. The summed E-state index contributed by atoms with van der Waals surface area (Å²) in [5, 5.41) is 19.1. The van der Waals surface area contributed by atoms with Crippen LogP contribution in [0.4, 0.5) is 17.6 Å². The third kappa shape index (κ3) is 24.5. The predicted octanol–water partition coefficient (Wildman–Crippen LogP) is 18.4. The van der Waals surface area contributed by atoms with Crippen molar-refractivity contribution in [2.45, 2.75) is 321 Å². The first kappa shape index (κ1) is 91.8. The largest absolute Gasteiger partial charge is 0.748 e. The SMILES string of the molecule is CCC(C)(C)C(=O)O.CCC(C)(C)C(=O)OC1(C(C)(C)C)CCCC1.CCC(C)(C)C(=O)OC12CC3CC(C1)CC(C(=O)OC(CS(=O)(=O)[O-])C(F)(F)F)(C3)C2.CCC(C)(C)C(=O)OC12CC3CC(CC(O)(C3)C1)C2.CCC(C)(C)C(=O)OC1COC(=O)C1.Fc1ccc([S+](c2ccccc2)c2ccccc2)cc1. The molecular weight excluding hydrogens is 1450 g/mol.